The molecule has 0 bridgehead atoms. The fraction of sp³-hybridized carbons (Fsp3) is 0.0909. The fourth-order valence-electron chi connectivity index (χ4n) is 1.80. The first-order valence-electron chi connectivity index (χ1n) is 4.60. The summed E-state index contributed by atoms with van der Waals surface area (Å²) in [5.74, 6) is 0.895. The molecule has 0 amide bonds. The molecule has 3 rings (SSSR count). The third kappa shape index (κ3) is 0.865. The van der Waals surface area contributed by atoms with Gasteiger partial charge in [0, 0.05) is 6.07 Å². The van der Waals surface area contributed by atoms with Crippen LogP contribution in [0.5, 0.6) is 0 Å². The summed E-state index contributed by atoms with van der Waals surface area (Å²) in [4.78, 5) is 7.56. The fourth-order valence-corrected chi connectivity index (χ4v) is 1.80. The van der Waals surface area contributed by atoms with Crippen LogP contribution in [0.1, 0.15) is 5.69 Å². The van der Waals surface area contributed by atoms with Crippen LogP contribution in [0.2, 0.25) is 0 Å². The summed E-state index contributed by atoms with van der Waals surface area (Å²) in [6, 6.07) is 10.2. The second-order valence-corrected chi connectivity index (χ2v) is 3.39. The van der Waals surface area contributed by atoms with E-state index in [2.05, 4.69) is 33.4 Å². The number of H-pyrrole nitrogens is 1. The Morgan fingerprint density at radius 2 is 2.07 bits per heavy atom. The zero-order valence-corrected chi connectivity index (χ0v) is 7.86. The number of aryl methyl sites for hydroxylation is 1. The SMILES string of the molecule is Cc1ccnc2[nH]c3ccccc3[n+]12. The minimum absolute atomic E-state index is 0.895. The molecule has 1 N–H and O–H groups in total. The number of fused-ring (bicyclic) bond motifs is 3. The number of para-hydroxylation sites is 2. The zero-order valence-electron chi connectivity index (χ0n) is 7.86. The van der Waals surface area contributed by atoms with Crippen LogP contribution >= 0.6 is 0 Å². The molecule has 0 fully saturated rings. The number of nitrogens with one attached hydrogen (secondary N) is 1. The van der Waals surface area contributed by atoms with E-state index < -0.39 is 0 Å². The van der Waals surface area contributed by atoms with Crippen molar-refractivity contribution in [2.24, 2.45) is 0 Å². The Labute approximate surface area is 81.0 Å². The van der Waals surface area contributed by atoms with E-state index in [4.69, 9.17) is 0 Å². The lowest BCUT2D eigenvalue weighted by Gasteiger charge is -1.90. The van der Waals surface area contributed by atoms with Crippen molar-refractivity contribution in [2.45, 2.75) is 6.92 Å². The number of nitrogens with zero attached hydrogens (tertiary/aromatic N) is 2. The predicted molar refractivity (Wildman–Crippen MR) is 54.0 cm³/mol. The molecule has 0 aliphatic rings. The molecule has 0 saturated carbocycles. The Morgan fingerprint density at radius 1 is 1.21 bits per heavy atom. The summed E-state index contributed by atoms with van der Waals surface area (Å²) in [5.41, 5.74) is 3.48. The summed E-state index contributed by atoms with van der Waals surface area (Å²) in [6.07, 6.45) is 1.82. The number of hydrogen-bond acceptors (Lipinski definition) is 1. The van der Waals surface area contributed by atoms with Crippen molar-refractivity contribution in [1.29, 1.82) is 0 Å². The van der Waals surface area contributed by atoms with Crippen LogP contribution in [0.3, 0.4) is 0 Å². The number of imidazole rings is 1. The van der Waals surface area contributed by atoms with Crippen LogP contribution in [-0.2, 0) is 0 Å². The standard InChI is InChI=1S/C11H9N3/c1-8-6-7-12-11-13-9-4-2-3-5-10(9)14(8)11/h2-7H,1H3/p+1. The molecule has 1 aromatic carbocycles. The third-order valence-electron chi connectivity index (χ3n) is 2.47. The Kier molecular flexibility index (Phi) is 1.36. The maximum Gasteiger partial charge on any atom is 0.401 e. The van der Waals surface area contributed by atoms with Gasteiger partial charge in [-0.1, -0.05) is 17.1 Å². The van der Waals surface area contributed by atoms with Gasteiger partial charge in [-0.15, -0.1) is 0 Å². The minimum atomic E-state index is 0.895. The van der Waals surface area contributed by atoms with E-state index in [-0.39, 0.29) is 0 Å². The van der Waals surface area contributed by atoms with E-state index in [0.29, 0.717) is 0 Å². The molecule has 0 aliphatic heterocycles. The number of aromatic nitrogens is 3. The summed E-state index contributed by atoms with van der Waals surface area (Å²) >= 11 is 0. The highest BCUT2D eigenvalue weighted by Crippen LogP contribution is 2.08. The first kappa shape index (κ1) is 7.50. The monoisotopic (exact) mass is 184 g/mol. The van der Waals surface area contributed by atoms with Crippen molar-refractivity contribution < 1.29 is 4.40 Å². The number of rotatable bonds is 0. The molecule has 14 heavy (non-hydrogen) atoms. The van der Waals surface area contributed by atoms with Crippen LogP contribution in [0.15, 0.2) is 36.5 Å². The van der Waals surface area contributed by atoms with E-state index in [9.17, 15) is 0 Å². The van der Waals surface area contributed by atoms with Crippen molar-refractivity contribution >= 4 is 16.8 Å². The van der Waals surface area contributed by atoms with Crippen molar-refractivity contribution in [3.05, 3.63) is 42.2 Å². The van der Waals surface area contributed by atoms with Gasteiger partial charge in [0.15, 0.2) is 0 Å². The molecule has 0 aliphatic carbocycles. The molecule has 3 nitrogen and oxygen atoms in total. The average Bonchev–Trinajstić information content (AvgIpc) is 2.57. The average molecular weight is 184 g/mol. The van der Waals surface area contributed by atoms with Gasteiger partial charge in [0.25, 0.3) is 0 Å². The Hall–Kier alpha value is -1.90. The van der Waals surface area contributed by atoms with Crippen molar-refractivity contribution in [2.75, 3.05) is 0 Å². The molecule has 0 unspecified atom stereocenters. The Bertz CT molecular complexity index is 610. The minimum Gasteiger partial charge on any atom is -0.238 e. The van der Waals surface area contributed by atoms with Crippen molar-refractivity contribution in [3.8, 4) is 0 Å². The van der Waals surface area contributed by atoms with Crippen molar-refractivity contribution in [1.82, 2.24) is 9.97 Å². The molecular weight excluding hydrogens is 174 g/mol. The highest BCUT2D eigenvalue weighted by molar-refractivity contribution is 5.73. The van der Waals surface area contributed by atoms with Crippen LogP contribution in [-0.4, -0.2) is 9.97 Å². The third-order valence-corrected chi connectivity index (χ3v) is 2.47. The predicted octanol–water partition coefficient (Wildman–Crippen LogP) is 1.61. The Balaban J connectivity index is 2.65. The molecule has 3 aromatic rings. The lowest BCUT2D eigenvalue weighted by Crippen LogP contribution is -2.24. The molecule has 0 spiro atoms. The number of aromatic amines is 1. The van der Waals surface area contributed by atoms with E-state index in [1.807, 2.05) is 24.4 Å². The van der Waals surface area contributed by atoms with Crippen molar-refractivity contribution in [3.63, 3.8) is 0 Å². The number of hydrogen-bond donors (Lipinski definition) is 1. The van der Waals surface area contributed by atoms with E-state index in [1.54, 1.807) is 0 Å². The highest BCUT2D eigenvalue weighted by Gasteiger charge is 2.11. The molecule has 0 saturated heterocycles. The summed E-state index contributed by atoms with van der Waals surface area (Å²) < 4.78 is 2.12. The van der Waals surface area contributed by atoms with Gasteiger partial charge in [-0.25, -0.2) is 4.98 Å². The van der Waals surface area contributed by atoms with Gasteiger partial charge in [-0.3, -0.25) is 0 Å². The highest BCUT2D eigenvalue weighted by atomic mass is 15.1. The maximum absolute atomic E-state index is 4.29. The normalized spacial score (nSPS) is 11.2. The first-order valence-corrected chi connectivity index (χ1v) is 4.60. The van der Waals surface area contributed by atoms with Gasteiger partial charge in [0.05, 0.1) is 5.69 Å². The molecule has 0 atom stereocenters. The van der Waals surface area contributed by atoms with Gasteiger partial charge in [0.2, 0.25) is 0 Å². The molecule has 2 heterocycles. The lowest BCUT2D eigenvalue weighted by atomic mass is 10.3. The van der Waals surface area contributed by atoms with Crippen LogP contribution in [0.25, 0.3) is 16.8 Å². The quantitative estimate of drug-likeness (QED) is 0.529. The smallest absolute Gasteiger partial charge is 0.238 e. The van der Waals surface area contributed by atoms with Gasteiger partial charge in [-0.05, 0) is 19.1 Å². The van der Waals surface area contributed by atoms with Crippen LogP contribution < -0.4 is 4.40 Å². The summed E-state index contributed by atoms with van der Waals surface area (Å²) in [5, 5.41) is 0. The topological polar surface area (TPSA) is 32.8 Å². The molecule has 2 aromatic heterocycles. The zero-order chi connectivity index (χ0) is 9.54. The van der Waals surface area contributed by atoms with Crippen LogP contribution in [0.4, 0.5) is 0 Å². The summed E-state index contributed by atoms with van der Waals surface area (Å²) in [7, 11) is 0. The molecular formula is C11H10N3+. The number of benzene rings is 1. The molecule has 3 heteroatoms. The van der Waals surface area contributed by atoms with Gasteiger partial charge in [0.1, 0.15) is 17.2 Å². The first-order chi connectivity index (χ1) is 6.86. The second kappa shape index (κ2) is 2.54. The van der Waals surface area contributed by atoms with E-state index in [0.717, 1.165) is 11.3 Å². The Morgan fingerprint density at radius 3 is 3.00 bits per heavy atom. The lowest BCUT2D eigenvalue weighted by molar-refractivity contribution is -0.492. The van der Waals surface area contributed by atoms with E-state index in [1.165, 1.54) is 11.2 Å². The molecule has 0 radical (unpaired) electrons. The maximum atomic E-state index is 4.29. The van der Waals surface area contributed by atoms with E-state index >= 15 is 0 Å². The van der Waals surface area contributed by atoms with Crippen LogP contribution in [0, 0.1) is 6.92 Å². The second-order valence-electron chi connectivity index (χ2n) is 3.39. The molecule has 68 valence electrons. The largest absolute Gasteiger partial charge is 0.401 e. The van der Waals surface area contributed by atoms with Gasteiger partial charge < -0.3 is 0 Å². The van der Waals surface area contributed by atoms with Gasteiger partial charge in [-0.2, -0.15) is 4.40 Å². The summed E-state index contributed by atoms with van der Waals surface area (Å²) in [6.45, 7) is 2.08. The van der Waals surface area contributed by atoms with Gasteiger partial charge >= 0.3 is 5.78 Å².